The van der Waals surface area contributed by atoms with Gasteiger partial charge in [0.2, 0.25) is 5.91 Å². The van der Waals surface area contributed by atoms with E-state index in [2.05, 4.69) is 6.92 Å². The molecule has 12 heavy (non-hydrogen) atoms. The van der Waals surface area contributed by atoms with Crippen molar-refractivity contribution in [1.29, 1.82) is 0 Å². The zero-order valence-electron chi connectivity index (χ0n) is 8.18. The Bertz CT molecular complexity index is 156. The van der Waals surface area contributed by atoms with Gasteiger partial charge in [0, 0.05) is 20.0 Å². The number of amides is 1. The van der Waals surface area contributed by atoms with Crippen LogP contribution in [0.4, 0.5) is 0 Å². The molecule has 0 aromatic heterocycles. The number of carbonyl (C=O) groups excluding carboxylic acids is 1. The van der Waals surface area contributed by atoms with E-state index in [1.807, 2.05) is 4.90 Å². The van der Waals surface area contributed by atoms with Crippen LogP contribution in [0.2, 0.25) is 0 Å². The van der Waals surface area contributed by atoms with Crippen molar-refractivity contribution < 1.29 is 4.79 Å². The summed E-state index contributed by atoms with van der Waals surface area (Å²) in [6, 6.07) is 0. The largest absolute Gasteiger partial charge is 0.343 e. The minimum absolute atomic E-state index is 0.246. The van der Waals surface area contributed by atoms with Crippen molar-refractivity contribution in [2.24, 2.45) is 5.92 Å². The van der Waals surface area contributed by atoms with Crippen LogP contribution in [0.25, 0.3) is 0 Å². The van der Waals surface area contributed by atoms with E-state index in [-0.39, 0.29) is 5.91 Å². The van der Waals surface area contributed by atoms with E-state index < -0.39 is 0 Å². The van der Waals surface area contributed by atoms with Crippen LogP contribution >= 0.6 is 0 Å². The van der Waals surface area contributed by atoms with Crippen LogP contribution in [0.15, 0.2) is 0 Å². The third-order valence-corrected chi connectivity index (χ3v) is 2.79. The Morgan fingerprint density at radius 3 is 2.83 bits per heavy atom. The predicted molar refractivity (Wildman–Crippen MR) is 49.9 cm³/mol. The fourth-order valence-electron chi connectivity index (χ4n) is 1.85. The summed E-state index contributed by atoms with van der Waals surface area (Å²) in [5.41, 5.74) is 0. The molecule has 2 nitrogen and oxygen atoms in total. The van der Waals surface area contributed by atoms with Gasteiger partial charge in [-0.1, -0.05) is 19.8 Å². The lowest BCUT2D eigenvalue weighted by atomic mass is 10.0. The van der Waals surface area contributed by atoms with E-state index in [4.69, 9.17) is 0 Å². The molecule has 1 saturated heterocycles. The van der Waals surface area contributed by atoms with Crippen molar-refractivity contribution in [3.05, 3.63) is 0 Å². The van der Waals surface area contributed by atoms with Crippen molar-refractivity contribution in [2.45, 2.75) is 39.5 Å². The lowest BCUT2D eigenvalue weighted by Gasteiger charge is -2.22. The van der Waals surface area contributed by atoms with Crippen molar-refractivity contribution in [2.75, 3.05) is 13.1 Å². The first kappa shape index (κ1) is 9.56. The van der Waals surface area contributed by atoms with Crippen LogP contribution in [-0.4, -0.2) is 23.9 Å². The average molecular weight is 169 g/mol. The van der Waals surface area contributed by atoms with Gasteiger partial charge in [0.1, 0.15) is 0 Å². The second-order valence-corrected chi connectivity index (χ2v) is 3.74. The van der Waals surface area contributed by atoms with Crippen molar-refractivity contribution in [3.63, 3.8) is 0 Å². The second kappa shape index (κ2) is 4.48. The molecule has 0 unspecified atom stereocenters. The van der Waals surface area contributed by atoms with Crippen LogP contribution in [0, 0.1) is 5.92 Å². The smallest absolute Gasteiger partial charge is 0.219 e. The molecule has 1 heterocycles. The van der Waals surface area contributed by atoms with E-state index in [0.717, 1.165) is 19.0 Å². The third kappa shape index (κ3) is 2.50. The molecule has 70 valence electrons. The maximum atomic E-state index is 11.1. The van der Waals surface area contributed by atoms with Crippen LogP contribution < -0.4 is 0 Å². The SMILES string of the molecule is CC[C@H]1CCCCN(C(C)=O)C1. The zero-order valence-corrected chi connectivity index (χ0v) is 8.18. The Kier molecular flexibility index (Phi) is 3.57. The topological polar surface area (TPSA) is 20.3 Å². The minimum atomic E-state index is 0.246. The molecule has 0 aromatic rings. The number of carbonyl (C=O) groups is 1. The van der Waals surface area contributed by atoms with Crippen LogP contribution in [0.1, 0.15) is 39.5 Å². The molecule has 0 aromatic carbocycles. The number of likely N-dealkylation sites (tertiary alicyclic amines) is 1. The molecule has 0 spiro atoms. The normalized spacial score (nSPS) is 25.2. The molecule has 0 bridgehead atoms. The van der Waals surface area contributed by atoms with E-state index in [1.54, 1.807) is 6.92 Å². The molecule has 1 aliphatic heterocycles. The molecule has 0 aliphatic carbocycles. The van der Waals surface area contributed by atoms with Gasteiger partial charge in [0.25, 0.3) is 0 Å². The molecule has 1 aliphatic rings. The highest BCUT2D eigenvalue weighted by molar-refractivity contribution is 5.73. The summed E-state index contributed by atoms with van der Waals surface area (Å²) in [5, 5.41) is 0. The van der Waals surface area contributed by atoms with E-state index in [9.17, 15) is 4.79 Å². The van der Waals surface area contributed by atoms with E-state index >= 15 is 0 Å². The van der Waals surface area contributed by atoms with Gasteiger partial charge in [-0.05, 0) is 18.8 Å². The number of rotatable bonds is 1. The van der Waals surface area contributed by atoms with Crippen LogP contribution in [-0.2, 0) is 4.79 Å². The Labute approximate surface area is 74.9 Å². The highest BCUT2D eigenvalue weighted by Gasteiger charge is 2.17. The maximum absolute atomic E-state index is 11.1. The Hall–Kier alpha value is -0.530. The molecular weight excluding hydrogens is 150 g/mol. The fraction of sp³-hybridized carbons (Fsp3) is 0.900. The molecule has 1 amide bonds. The van der Waals surface area contributed by atoms with Crippen molar-refractivity contribution in [1.82, 2.24) is 4.90 Å². The van der Waals surface area contributed by atoms with Gasteiger partial charge in [-0.3, -0.25) is 4.79 Å². The van der Waals surface area contributed by atoms with Crippen molar-refractivity contribution in [3.8, 4) is 0 Å². The molecule has 2 heteroatoms. The van der Waals surface area contributed by atoms with Gasteiger partial charge in [-0.2, -0.15) is 0 Å². The monoisotopic (exact) mass is 169 g/mol. The second-order valence-electron chi connectivity index (χ2n) is 3.74. The molecule has 0 N–H and O–H groups in total. The van der Waals surface area contributed by atoms with Gasteiger partial charge in [-0.15, -0.1) is 0 Å². The summed E-state index contributed by atoms with van der Waals surface area (Å²) in [7, 11) is 0. The van der Waals surface area contributed by atoms with Gasteiger partial charge in [-0.25, -0.2) is 0 Å². The number of hydrogen-bond donors (Lipinski definition) is 0. The summed E-state index contributed by atoms with van der Waals surface area (Å²) in [6.07, 6.45) is 5.00. The van der Waals surface area contributed by atoms with Crippen LogP contribution in [0.3, 0.4) is 0 Å². The Balaban J connectivity index is 2.47. The molecule has 1 atom stereocenters. The zero-order chi connectivity index (χ0) is 8.97. The number of hydrogen-bond acceptors (Lipinski definition) is 1. The summed E-state index contributed by atoms with van der Waals surface area (Å²) in [5.74, 6) is 0.992. The highest BCUT2D eigenvalue weighted by Crippen LogP contribution is 2.18. The first-order valence-electron chi connectivity index (χ1n) is 4.99. The lowest BCUT2D eigenvalue weighted by Crippen LogP contribution is -2.32. The van der Waals surface area contributed by atoms with E-state index in [0.29, 0.717) is 0 Å². The fourth-order valence-corrected chi connectivity index (χ4v) is 1.85. The summed E-state index contributed by atoms with van der Waals surface area (Å²) in [6.45, 7) is 5.87. The quantitative estimate of drug-likeness (QED) is 0.588. The van der Waals surface area contributed by atoms with Gasteiger partial charge < -0.3 is 4.90 Å². The average Bonchev–Trinajstić information content (AvgIpc) is 2.28. The molecule has 1 rings (SSSR count). The molecule has 0 radical (unpaired) electrons. The molecule has 1 fully saturated rings. The van der Waals surface area contributed by atoms with Gasteiger partial charge >= 0.3 is 0 Å². The first-order chi connectivity index (χ1) is 5.74. The van der Waals surface area contributed by atoms with Crippen molar-refractivity contribution >= 4 is 5.91 Å². The Morgan fingerprint density at radius 1 is 1.50 bits per heavy atom. The summed E-state index contributed by atoms with van der Waals surface area (Å²) in [4.78, 5) is 13.1. The van der Waals surface area contributed by atoms with Crippen LogP contribution in [0.5, 0.6) is 0 Å². The standard InChI is InChI=1S/C10H19NO/c1-3-10-6-4-5-7-11(8-10)9(2)12/h10H,3-8H2,1-2H3/t10-/m0/s1. The predicted octanol–water partition coefficient (Wildman–Crippen LogP) is 2.04. The van der Waals surface area contributed by atoms with E-state index in [1.165, 1.54) is 25.7 Å². The molecule has 0 saturated carbocycles. The first-order valence-corrected chi connectivity index (χ1v) is 4.99. The molecular formula is C10H19NO. The summed E-state index contributed by atoms with van der Waals surface area (Å²) >= 11 is 0. The van der Waals surface area contributed by atoms with Gasteiger partial charge in [0.05, 0.1) is 0 Å². The highest BCUT2D eigenvalue weighted by atomic mass is 16.2. The van der Waals surface area contributed by atoms with Gasteiger partial charge in [0.15, 0.2) is 0 Å². The lowest BCUT2D eigenvalue weighted by molar-refractivity contribution is -0.129. The maximum Gasteiger partial charge on any atom is 0.219 e. The Morgan fingerprint density at radius 2 is 2.25 bits per heavy atom. The minimum Gasteiger partial charge on any atom is -0.343 e. The third-order valence-electron chi connectivity index (χ3n) is 2.79. The number of nitrogens with zero attached hydrogens (tertiary/aromatic N) is 1. The summed E-state index contributed by atoms with van der Waals surface area (Å²) < 4.78 is 0.